The van der Waals surface area contributed by atoms with Gasteiger partial charge in [-0.3, -0.25) is 4.79 Å². The monoisotopic (exact) mass is 508 g/mol. The van der Waals surface area contributed by atoms with E-state index in [1.54, 1.807) is 24.3 Å². The van der Waals surface area contributed by atoms with Gasteiger partial charge in [-0.15, -0.1) is 0 Å². The second-order valence-electron chi connectivity index (χ2n) is 10.2. The second-order valence-corrected chi connectivity index (χ2v) is 10.2. The number of aromatic nitrogens is 3. The molecule has 0 spiro atoms. The number of benzene rings is 2. The van der Waals surface area contributed by atoms with E-state index in [0.29, 0.717) is 5.92 Å². The van der Waals surface area contributed by atoms with Gasteiger partial charge in [-0.25, -0.2) is 14.1 Å². The lowest BCUT2D eigenvalue weighted by Crippen LogP contribution is -2.30. The topological polar surface area (TPSA) is 80.0 Å². The third kappa shape index (κ3) is 4.38. The summed E-state index contributed by atoms with van der Waals surface area (Å²) in [6.07, 6.45) is 7.04. The molecule has 6 rings (SSSR count). The fourth-order valence-corrected chi connectivity index (χ4v) is 6.19. The van der Waals surface area contributed by atoms with Crippen LogP contribution in [-0.2, 0) is 6.42 Å². The van der Waals surface area contributed by atoms with Crippen LogP contribution in [0, 0.1) is 11.7 Å². The fourth-order valence-electron chi connectivity index (χ4n) is 6.19. The highest BCUT2D eigenvalue weighted by atomic mass is 19.1. The normalized spacial score (nSPS) is 19.1. The van der Waals surface area contributed by atoms with Crippen molar-refractivity contribution >= 4 is 5.91 Å². The Morgan fingerprint density at radius 3 is 2.68 bits per heavy atom. The molecule has 0 radical (unpaired) electrons. The van der Waals surface area contributed by atoms with Crippen LogP contribution in [0.2, 0.25) is 0 Å². The third-order valence-electron chi connectivity index (χ3n) is 7.99. The van der Waals surface area contributed by atoms with E-state index >= 15 is 0 Å². The highest BCUT2D eigenvalue weighted by molar-refractivity contribution is 5.96. The molecule has 0 bridgehead atoms. The molecule has 2 aliphatic carbocycles. The van der Waals surface area contributed by atoms with Crippen molar-refractivity contribution in [3.05, 3.63) is 118 Å². The van der Waals surface area contributed by atoms with E-state index in [4.69, 9.17) is 0 Å². The maximum absolute atomic E-state index is 13.5. The molecule has 1 amide bonds. The van der Waals surface area contributed by atoms with Crippen LogP contribution in [0.15, 0.2) is 90.3 Å². The zero-order valence-corrected chi connectivity index (χ0v) is 21.1. The molecule has 2 N–H and O–H groups in total. The van der Waals surface area contributed by atoms with Gasteiger partial charge in [0.05, 0.1) is 23.6 Å². The summed E-state index contributed by atoms with van der Waals surface area (Å²) in [7, 11) is 0. The van der Waals surface area contributed by atoms with E-state index in [-0.39, 0.29) is 35.1 Å². The highest BCUT2D eigenvalue weighted by Gasteiger charge is 2.37. The van der Waals surface area contributed by atoms with E-state index in [2.05, 4.69) is 22.3 Å². The van der Waals surface area contributed by atoms with E-state index in [1.165, 1.54) is 40.7 Å². The smallest absolute Gasteiger partial charge is 0.257 e. The van der Waals surface area contributed by atoms with Crippen LogP contribution in [0.3, 0.4) is 0 Å². The molecule has 2 aromatic carbocycles. The SMILES string of the molecule is C[C@@H]1C2=C(CC[C@@H]2CC(NC(=O)c2cccnc2O)c2ccccc2)Cc2c1cnn2-c1ccc(F)cc1. The van der Waals surface area contributed by atoms with Gasteiger partial charge in [0.15, 0.2) is 0 Å². The molecule has 4 aromatic rings. The van der Waals surface area contributed by atoms with Gasteiger partial charge >= 0.3 is 0 Å². The minimum absolute atomic E-state index is 0.170. The third-order valence-corrected chi connectivity index (χ3v) is 7.99. The summed E-state index contributed by atoms with van der Waals surface area (Å²) in [5, 5.41) is 18.0. The first-order valence-corrected chi connectivity index (χ1v) is 13.0. The summed E-state index contributed by atoms with van der Waals surface area (Å²) < 4.78 is 15.4. The van der Waals surface area contributed by atoms with E-state index < -0.39 is 0 Å². The van der Waals surface area contributed by atoms with Crippen LogP contribution < -0.4 is 5.32 Å². The average Bonchev–Trinajstić information content (AvgIpc) is 3.54. The molecule has 3 atom stereocenters. The van der Waals surface area contributed by atoms with Crippen molar-refractivity contribution in [2.45, 2.75) is 44.6 Å². The number of halogens is 1. The van der Waals surface area contributed by atoms with Gasteiger partial charge in [-0.1, -0.05) is 48.4 Å². The number of hydrogen-bond donors (Lipinski definition) is 2. The van der Waals surface area contributed by atoms with Crippen molar-refractivity contribution in [1.82, 2.24) is 20.1 Å². The summed E-state index contributed by atoms with van der Waals surface area (Å²) in [5.41, 5.74) is 7.35. The molecule has 0 saturated carbocycles. The standard InChI is InChI=1S/C31H29FN4O2/c1-19-26-18-34-36(24-13-11-23(32)12-14-24)28(26)17-22-10-9-21(29(19)22)16-27(20-6-3-2-4-7-20)35-31(38)25-8-5-15-33-30(25)37/h2-8,11-15,18-19,21,27H,9-10,16-17H2,1H3,(H,33,37)(H,35,38)/t19-,21+,27?/m0/s1. The summed E-state index contributed by atoms with van der Waals surface area (Å²) in [5.74, 6) is -0.337. The van der Waals surface area contributed by atoms with Crippen LogP contribution in [0.4, 0.5) is 4.39 Å². The maximum Gasteiger partial charge on any atom is 0.257 e. The lowest BCUT2D eigenvalue weighted by Gasteiger charge is -2.30. The molecule has 6 nitrogen and oxygen atoms in total. The van der Waals surface area contributed by atoms with Crippen molar-refractivity contribution in [1.29, 1.82) is 0 Å². The molecule has 0 saturated heterocycles. The molecule has 2 aliphatic rings. The number of hydrogen-bond acceptors (Lipinski definition) is 4. The Kier molecular flexibility index (Phi) is 6.27. The predicted octanol–water partition coefficient (Wildman–Crippen LogP) is 6.04. The summed E-state index contributed by atoms with van der Waals surface area (Å²) in [6, 6.07) is 19.5. The molecule has 0 aliphatic heterocycles. The minimum atomic E-state index is -0.337. The van der Waals surface area contributed by atoms with E-state index in [0.717, 1.165) is 36.9 Å². The van der Waals surface area contributed by atoms with Gasteiger partial charge in [-0.05, 0) is 67.1 Å². The van der Waals surface area contributed by atoms with Gasteiger partial charge < -0.3 is 10.4 Å². The summed E-state index contributed by atoms with van der Waals surface area (Å²) in [6.45, 7) is 2.24. The van der Waals surface area contributed by atoms with E-state index in [9.17, 15) is 14.3 Å². The van der Waals surface area contributed by atoms with Crippen LogP contribution in [0.5, 0.6) is 5.88 Å². The molecule has 192 valence electrons. The van der Waals surface area contributed by atoms with Crippen molar-refractivity contribution in [2.24, 2.45) is 5.92 Å². The largest absolute Gasteiger partial charge is 0.493 e. The first kappa shape index (κ1) is 24.1. The van der Waals surface area contributed by atoms with Gasteiger partial charge in [0, 0.05) is 24.1 Å². The molecule has 2 heterocycles. The number of amides is 1. The maximum atomic E-state index is 13.5. The van der Waals surface area contributed by atoms with Gasteiger partial charge in [0.2, 0.25) is 5.88 Å². The number of allylic oxidation sites excluding steroid dienone is 2. The minimum Gasteiger partial charge on any atom is -0.493 e. The Morgan fingerprint density at radius 2 is 1.92 bits per heavy atom. The molecule has 38 heavy (non-hydrogen) atoms. The molecule has 0 fully saturated rings. The molecular formula is C31H29FN4O2. The van der Waals surface area contributed by atoms with Crippen molar-refractivity contribution in [3.63, 3.8) is 0 Å². The van der Waals surface area contributed by atoms with Crippen LogP contribution in [-0.4, -0.2) is 25.8 Å². The van der Waals surface area contributed by atoms with Crippen LogP contribution in [0.25, 0.3) is 5.69 Å². The Labute approximate surface area is 220 Å². The van der Waals surface area contributed by atoms with E-state index in [1.807, 2.05) is 41.2 Å². The number of rotatable bonds is 6. The average molecular weight is 509 g/mol. The Bertz CT molecular complexity index is 1510. The Balaban J connectivity index is 1.27. The van der Waals surface area contributed by atoms with Crippen molar-refractivity contribution in [3.8, 4) is 11.6 Å². The lowest BCUT2D eigenvalue weighted by atomic mass is 9.77. The number of nitrogens with zero attached hydrogens (tertiary/aromatic N) is 3. The number of pyridine rings is 1. The van der Waals surface area contributed by atoms with Gasteiger partial charge in [-0.2, -0.15) is 5.10 Å². The Morgan fingerprint density at radius 1 is 1.13 bits per heavy atom. The highest BCUT2D eigenvalue weighted by Crippen LogP contribution is 2.49. The van der Waals surface area contributed by atoms with Crippen molar-refractivity contribution in [2.75, 3.05) is 0 Å². The first-order chi connectivity index (χ1) is 18.5. The summed E-state index contributed by atoms with van der Waals surface area (Å²) in [4.78, 5) is 17.0. The van der Waals surface area contributed by atoms with Gasteiger partial charge in [0.1, 0.15) is 11.4 Å². The molecule has 2 aromatic heterocycles. The Hall–Kier alpha value is -4.26. The first-order valence-electron chi connectivity index (χ1n) is 13.0. The van der Waals surface area contributed by atoms with Crippen LogP contribution >= 0.6 is 0 Å². The van der Waals surface area contributed by atoms with Crippen LogP contribution in [0.1, 0.15) is 65.3 Å². The molecule has 7 heteroatoms. The quantitative estimate of drug-likeness (QED) is 0.311. The molecular weight excluding hydrogens is 479 g/mol. The number of carbonyl (C=O) groups is 1. The number of fused-ring (bicyclic) bond motifs is 1. The fraction of sp³-hybridized carbons (Fsp3) is 0.258. The number of carbonyl (C=O) groups excluding carboxylic acids is 1. The summed E-state index contributed by atoms with van der Waals surface area (Å²) >= 11 is 0. The lowest BCUT2D eigenvalue weighted by molar-refractivity contribution is 0.0928. The van der Waals surface area contributed by atoms with Gasteiger partial charge in [0.25, 0.3) is 5.91 Å². The zero-order valence-electron chi connectivity index (χ0n) is 21.1. The molecule has 1 unspecified atom stereocenters. The predicted molar refractivity (Wildman–Crippen MR) is 143 cm³/mol. The number of aromatic hydroxyl groups is 1. The zero-order chi connectivity index (χ0) is 26.2. The second kappa shape index (κ2) is 9.89. The van der Waals surface area contributed by atoms with Crippen molar-refractivity contribution < 1.29 is 14.3 Å². The number of nitrogens with one attached hydrogen (secondary N) is 1.